The van der Waals surface area contributed by atoms with Crippen LogP contribution >= 0.6 is 0 Å². The number of nitrogens with zero attached hydrogens (tertiary/aromatic N) is 5. The molecule has 3 heterocycles. The number of rotatable bonds is 8. The third kappa shape index (κ3) is 6.10. The van der Waals surface area contributed by atoms with Crippen LogP contribution in [0.3, 0.4) is 0 Å². The normalized spacial score (nSPS) is 20.8. The highest BCUT2D eigenvalue weighted by Crippen LogP contribution is 2.24. The summed E-state index contributed by atoms with van der Waals surface area (Å²) >= 11 is 0. The van der Waals surface area contributed by atoms with Crippen LogP contribution in [0.5, 0.6) is 0 Å². The number of aryl methyl sites for hydroxylation is 2. The smallest absolute Gasteiger partial charge is 0.228 e. The molecule has 0 aromatic carbocycles. The standard InChI is InChI=1S/C24H40N6O2/c1-20-19-23-29(13-6-14-30(23)26-20)24(32)10-9-22(31)25-11-5-12-27-15-17-28(18-16-27)21-7-3-2-4-8-21/h19,21H,2-18H2,1H3,(H,25,31). The van der Waals surface area contributed by atoms with Gasteiger partial charge in [-0.2, -0.15) is 5.10 Å². The molecule has 0 radical (unpaired) electrons. The number of nitrogens with one attached hydrogen (secondary N) is 1. The Labute approximate surface area is 192 Å². The van der Waals surface area contributed by atoms with Crippen molar-refractivity contribution < 1.29 is 9.59 Å². The van der Waals surface area contributed by atoms with Crippen molar-refractivity contribution >= 4 is 17.6 Å². The minimum atomic E-state index is -0.0258. The molecule has 0 unspecified atom stereocenters. The van der Waals surface area contributed by atoms with Crippen LogP contribution in [-0.4, -0.2) is 83.2 Å². The molecule has 1 saturated carbocycles. The number of hydrogen-bond acceptors (Lipinski definition) is 5. The van der Waals surface area contributed by atoms with Gasteiger partial charge >= 0.3 is 0 Å². The zero-order valence-corrected chi connectivity index (χ0v) is 19.7. The van der Waals surface area contributed by atoms with E-state index in [1.807, 2.05) is 17.7 Å². The van der Waals surface area contributed by atoms with Gasteiger partial charge < -0.3 is 10.2 Å². The van der Waals surface area contributed by atoms with Crippen LogP contribution in [0, 0.1) is 6.92 Å². The van der Waals surface area contributed by atoms with Gasteiger partial charge in [-0.1, -0.05) is 19.3 Å². The summed E-state index contributed by atoms with van der Waals surface area (Å²) in [6, 6.07) is 2.77. The van der Waals surface area contributed by atoms with Crippen molar-refractivity contribution in [3.63, 3.8) is 0 Å². The summed E-state index contributed by atoms with van der Waals surface area (Å²) in [5, 5.41) is 7.43. The molecule has 4 rings (SSSR count). The first-order valence-corrected chi connectivity index (χ1v) is 12.7. The Hall–Kier alpha value is -1.93. The molecule has 0 bridgehead atoms. The van der Waals surface area contributed by atoms with Gasteiger partial charge in [-0.25, -0.2) is 4.68 Å². The largest absolute Gasteiger partial charge is 0.356 e. The zero-order valence-electron chi connectivity index (χ0n) is 19.7. The quantitative estimate of drug-likeness (QED) is 0.622. The van der Waals surface area contributed by atoms with Crippen LogP contribution in [0.1, 0.15) is 63.5 Å². The number of amides is 2. The van der Waals surface area contributed by atoms with Gasteiger partial charge in [0.25, 0.3) is 0 Å². The number of aromatic nitrogens is 2. The summed E-state index contributed by atoms with van der Waals surface area (Å²) in [6.07, 6.45) is 9.36. The van der Waals surface area contributed by atoms with Gasteiger partial charge in [0.1, 0.15) is 5.82 Å². The third-order valence-corrected chi connectivity index (χ3v) is 7.25. The average molecular weight is 445 g/mol. The summed E-state index contributed by atoms with van der Waals surface area (Å²) in [7, 11) is 0. The number of carbonyl (C=O) groups excluding carboxylic acids is 2. The van der Waals surface area contributed by atoms with Gasteiger partial charge in [0.2, 0.25) is 11.8 Å². The number of hydrogen-bond donors (Lipinski definition) is 1. The molecule has 8 nitrogen and oxygen atoms in total. The van der Waals surface area contributed by atoms with Crippen molar-refractivity contribution in [1.82, 2.24) is 24.9 Å². The Morgan fingerprint density at radius 2 is 1.78 bits per heavy atom. The highest BCUT2D eigenvalue weighted by atomic mass is 16.2. The maximum Gasteiger partial charge on any atom is 0.228 e. The number of piperazine rings is 1. The van der Waals surface area contributed by atoms with Crippen molar-refractivity contribution in [1.29, 1.82) is 0 Å². The number of carbonyl (C=O) groups is 2. The van der Waals surface area contributed by atoms with Crippen LogP contribution in [0.15, 0.2) is 6.07 Å². The molecule has 178 valence electrons. The fourth-order valence-corrected chi connectivity index (χ4v) is 5.43. The summed E-state index contributed by atoms with van der Waals surface area (Å²) in [5.74, 6) is 0.849. The second kappa shape index (κ2) is 11.3. The molecular weight excluding hydrogens is 404 g/mol. The molecule has 1 aromatic heterocycles. The fourth-order valence-electron chi connectivity index (χ4n) is 5.43. The molecule has 8 heteroatoms. The highest BCUT2D eigenvalue weighted by molar-refractivity contribution is 5.95. The molecule has 0 atom stereocenters. The topological polar surface area (TPSA) is 73.7 Å². The summed E-state index contributed by atoms with van der Waals surface area (Å²) in [5.41, 5.74) is 0.924. The zero-order chi connectivity index (χ0) is 22.3. The molecule has 3 aliphatic rings. The van der Waals surface area contributed by atoms with Crippen LogP contribution in [0.2, 0.25) is 0 Å². The van der Waals surface area contributed by atoms with E-state index in [2.05, 4.69) is 20.2 Å². The SMILES string of the molecule is Cc1cc2n(n1)CCCN2C(=O)CCC(=O)NCCCN1CCN(C2CCCCC2)CC1. The van der Waals surface area contributed by atoms with E-state index in [0.29, 0.717) is 13.1 Å². The fraction of sp³-hybridized carbons (Fsp3) is 0.792. The first kappa shape index (κ1) is 23.2. The molecule has 32 heavy (non-hydrogen) atoms. The van der Waals surface area contributed by atoms with E-state index >= 15 is 0 Å². The van der Waals surface area contributed by atoms with E-state index in [0.717, 1.165) is 56.6 Å². The van der Waals surface area contributed by atoms with Crippen molar-refractivity contribution in [2.75, 3.05) is 50.7 Å². The van der Waals surface area contributed by atoms with Crippen LogP contribution < -0.4 is 10.2 Å². The Kier molecular flexibility index (Phi) is 8.19. The molecule has 2 fully saturated rings. The minimum absolute atomic E-state index is 0.0110. The van der Waals surface area contributed by atoms with Crippen molar-refractivity contribution in [3.8, 4) is 0 Å². The number of anilines is 1. The predicted molar refractivity (Wildman–Crippen MR) is 126 cm³/mol. The Morgan fingerprint density at radius 1 is 1.00 bits per heavy atom. The first-order chi connectivity index (χ1) is 15.6. The highest BCUT2D eigenvalue weighted by Gasteiger charge is 2.25. The molecule has 1 aromatic rings. The first-order valence-electron chi connectivity index (χ1n) is 12.7. The second-order valence-corrected chi connectivity index (χ2v) is 9.64. The van der Waals surface area contributed by atoms with E-state index in [1.165, 1.54) is 45.2 Å². The van der Waals surface area contributed by atoms with Gasteiger partial charge in [0.15, 0.2) is 0 Å². The summed E-state index contributed by atoms with van der Waals surface area (Å²) in [6.45, 7) is 9.89. The summed E-state index contributed by atoms with van der Waals surface area (Å²) in [4.78, 5) is 31.9. The van der Waals surface area contributed by atoms with Gasteiger partial charge in [0, 0.05) is 70.8 Å². The number of fused-ring (bicyclic) bond motifs is 1. The van der Waals surface area contributed by atoms with Crippen LogP contribution in [0.4, 0.5) is 5.82 Å². The van der Waals surface area contributed by atoms with E-state index in [1.54, 1.807) is 4.90 Å². The lowest BCUT2D eigenvalue weighted by Gasteiger charge is -2.40. The molecular formula is C24H40N6O2. The average Bonchev–Trinajstić information content (AvgIpc) is 3.21. The van der Waals surface area contributed by atoms with E-state index < -0.39 is 0 Å². The molecule has 2 amide bonds. The van der Waals surface area contributed by atoms with Gasteiger partial charge in [-0.05, 0) is 39.2 Å². The second-order valence-electron chi connectivity index (χ2n) is 9.64. The lowest BCUT2D eigenvalue weighted by Crippen LogP contribution is -2.51. The van der Waals surface area contributed by atoms with E-state index in [9.17, 15) is 9.59 Å². The maximum absolute atomic E-state index is 12.6. The van der Waals surface area contributed by atoms with Gasteiger partial charge in [0.05, 0.1) is 5.69 Å². The van der Waals surface area contributed by atoms with Crippen molar-refractivity contribution in [2.45, 2.75) is 77.3 Å². The molecule has 1 N–H and O–H groups in total. The van der Waals surface area contributed by atoms with Crippen molar-refractivity contribution in [3.05, 3.63) is 11.8 Å². The molecule has 1 aliphatic carbocycles. The Morgan fingerprint density at radius 3 is 2.56 bits per heavy atom. The van der Waals surface area contributed by atoms with Crippen LogP contribution in [0.25, 0.3) is 0 Å². The molecule has 0 spiro atoms. The Bertz CT molecular complexity index is 765. The maximum atomic E-state index is 12.6. The molecule has 1 saturated heterocycles. The van der Waals surface area contributed by atoms with E-state index in [-0.39, 0.29) is 24.7 Å². The summed E-state index contributed by atoms with van der Waals surface area (Å²) < 4.78 is 1.89. The molecule has 2 aliphatic heterocycles. The lowest BCUT2D eigenvalue weighted by atomic mass is 9.94. The Balaban J connectivity index is 1.08. The van der Waals surface area contributed by atoms with Gasteiger partial charge in [-0.15, -0.1) is 0 Å². The van der Waals surface area contributed by atoms with Gasteiger partial charge in [-0.3, -0.25) is 19.4 Å². The van der Waals surface area contributed by atoms with E-state index in [4.69, 9.17) is 0 Å². The van der Waals surface area contributed by atoms with Crippen LogP contribution in [-0.2, 0) is 16.1 Å². The minimum Gasteiger partial charge on any atom is -0.356 e. The monoisotopic (exact) mass is 444 g/mol. The third-order valence-electron chi connectivity index (χ3n) is 7.25. The van der Waals surface area contributed by atoms with Crippen molar-refractivity contribution in [2.24, 2.45) is 0 Å². The lowest BCUT2D eigenvalue weighted by molar-refractivity contribution is -0.125. The predicted octanol–water partition coefficient (Wildman–Crippen LogP) is 2.17.